The van der Waals surface area contributed by atoms with Gasteiger partial charge in [-0.3, -0.25) is 14.0 Å². The summed E-state index contributed by atoms with van der Waals surface area (Å²) < 4.78 is 2.24. The topological polar surface area (TPSA) is 63.5 Å². The lowest BCUT2D eigenvalue weighted by molar-refractivity contribution is 0.102. The smallest absolute Gasteiger partial charge is 0.282 e. The van der Waals surface area contributed by atoms with Crippen molar-refractivity contribution in [2.45, 2.75) is 20.3 Å². The first-order valence-electron chi connectivity index (χ1n) is 7.08. The molecule has 1 aromatic carbocycles. The van der Waals surface area contributed by atoms with Crippen LogP contribution in [-0.2, 0) is 6.42 Å². The molecule has 0 radical (unpaired) electrons. The summed E-state index contributed by atoms with van der Waals surface area (Å²) in [4.78, 5) is 30.3. The Morgan fingerprint density at radius 1 is 1.39 bits per heavy atom. The number of anilines is 1. The van der Waals surface area contributed by atoms with E-state index in [1.807, 2.05) is 18.4 Å². The van der Waals surface area contributed by atoms with Gasteiger partial charge in [0.2, 0.25) is 0 Å². The molecule has 23 heavy (non-hydrogen) atoms. The lowest BCUT2D eigenvalue weighted by Gasteiger charge is -2.09. The van der Waals surface area contributed by atoms with Crippen LogP contribution in [0.25, 0.3) is 4.96 Å². The number of nitrogens with one attached hydrogen (secondary N) is 1. The number of amides is 1. The number of carbonyl (C=O) groups is 1. The van der Waals surface area contributed by atoms with Gasteiger partial charge in [-0.15, -0.1) is 11.3 Å². The third-order valence-corrected chi connectivity index (χ3v) is 5.11. The number of fused-ring (bicyclic) bond motifs is 1. The summed E-state index contributed by atoms with van der Waals surface area (Å²) in [5, 5.41) is 4.63. The van der Waals surface area contributed by atoms with E-state index in [1.54, 1.807) is 29.5 Å². The minimum Gasteiger partial charge on any atom is -0.316 e. The summed E-state index contributed by atoms with van der Waals surface area (Å²) in [6.07, 6.45) is 0.724. The van der Waals surface area contributed by atoms with Crippen LogP contribution < -0.4 is 10.9 Å². The van der Waals surface area contributed by atoms with Crippen LogP contribution in [0.2, 0.25) is 0 Å². The first-order chi connectivity index (χ1) is 11.0. The summed E-state index contributed by atoms with van der Waals surface area (Å²) >= 11 is 4.77. The molecular formula is C16H14BrN3O2S. The Bertz CT molecular complexity index is 962. The Kier molecular flexibility index (Phi) is 4.32. The van der Waals surface area contributed by atoms with E-state index in [9.17, 15) is 9.59 Å². The first kappa shape index (κ1) is 15.9. The van der Waals surface area contributed by atoms with Gasteiger partial charge in [-0.25, -0.2) is 4.98 Å². The summed E-state index contributed by atoms with van der Waals surface area (Å²) in [5.74, 6) is -0.340. The fourth-order valence-electron chi connectivity index (χ4n) is 2.32. The summed E-state index contributed by atoms with van der Waals surface area (Å²) in [5.41, 5.74) is 1.85. The zero-order valence-corrected chi connectivity index (χ0v) is 15.0. The molecule has 2 aromatic heterocycles. The van der Waals surface area contributed by atoms with Crippen molar-refractivity contribution in [1.29, 1.82) is 0 Å². The lowest BCUT2D eigenvalue weighted by atomic mass is 10.2. The molecule has 5 nitrogen and oxygen atoms in total. The summed E-state index contributed by atoms with van der Waals surface area (Å²) in [6, 6.07) is 7.08. The van der Waals surface area contributed by atoms with Crippen molar-refractivity contribution in [2.75, 3.05) is 5.32 Å². The van der Waals surface area contributed by atoms with Crippen LogP contribution in [-0.4, -0.2) is 15.3 Å². The number of aryl methyl sites for hydroxylation is 2. The average molecular weight is 392 g/mol. The van der Waals surface area contributed by atoms with E-state index in [1.165, 1.54) is 11.3 Å². The van der Waals surface area contributed by atoms with Gasteiger partial charge in [-0.05, 0) is 41.4 Å². The molecule has 0 spiro atoms. The van der Waals surface area contributed by atoms with Gasteiger partial charge >= 0.3 is 0 Å². The fourth-order valence-corrected chi connectivity index (χ4v) is 3.79. The molecule has 2 heterocycles. The summed E-state index contributed by atoms with van der Waals surface area (Å²) in [7, 11) is 0. The number of thiazole rings is 1. The van der Waals surface area contributed by atoms with Crippen molar-refractivity contribution < 1.29 is 4.79 Å². The normalized spacial score (nSPS) is 10.9. The Morgan fingerprint density at radius 3 is 2.83 bits per heavy atom. The molecule has 0 saturated heterocycles. The van der Waals surface area contributed by atoms with Crippen LogP contribution in [0.5, 0.6) is 0 Å². The van der Waals surface area contributed by atoms with Crippen molar-refractivity contribution >= 4 is 43.8 Å². The lowest BCUT2D eigenvalue weighted by Crippen LogP contribution is -2.25. The van der Waals surface area contributed by atoms with E-state index in [-0.39, 0.29) is 17.2 Å². The summed E-state index contributed by atoms with van der Waals surface area (Å²) in [6.45, 7) is 3.70. The third-order valence-electron chi connectivity index (χ3n) is 3.54. The number of rotatable bonds is 3. The molecular weight excluding hydrogens is 378 g/mol. The highest BCUT2D eigenvalue weighted by Gasteiger charge is 2.17. The van der Waals surface area contributed by atoms with Crippen molar-refractivity contribution in [1.82, 2.24) is 9.38 Å². The maximum atomic E-state index is 12.7. The molecule has 1 N–H and O–H groups in total. The second kappa shape index (κ2) is 6.25. The standard InChI is InChI=1S/C16H14BrN3O2S/c1-3-10-8-23-16-18-9(2)13(15(22)20(10)16)19-14(21)11-6-4-5-7-12(11)17/h4-8H,3H2,1-2H3,(H,19,21). The van der Waals surface area contributed by atoms with Gasteiger partial charge in [0.15, 0.2) is 4.96 Å². The minimum atomic E-state index is -0.340. The number of nitrogens with zero attached hydrogens (tertiary/aromatic N) is 2. The van der Waals surface area contributed by atoms with Crippen molar-refractivity contribution in [3.63, 3.8) is 0 Å². The fraction of sp³-hybridized carbons (Fsp3) is 0.188. The Balaban J connectivity index is 2.08. The van der Waals surface area contributed by atoms with E-state index in [0.717, 1.165) is 12.1 Å². The number of carbonyl (C=O) groups excluding carboxylic acids is 1. The molecule has 0 bridgehead atoms. The van der Waals surface area contributed by atoms with Gasteiger partial charge in [0, 0.05) is 15.5 Å². The maximum absolute atomic E-state index is 12.7. The van der Waals surface area contributed by atoms with Crippen molar-refractivity contribution in [2.24, 2.45) is 0 Å². The number of halogens is 1. The molecule has 0 aliphatic rings. The minimum absolute atomic E-state index is 0.219. The van der Waals surface area contributed by atoms with Crippen LogP contribution in [0.1, 0.15) is 28.7 Å². The van der Waals surface area contributed by atoms with Crippen molar-refractivity contribution in [3.05, 3.63) is 61.4 Å². The third kappa shape index (κ3) is 2.82. The van der Waals surface area contributed by atoms with E-state index in [4.69, 9.17) is 0 Å². The zero-order chi connectivity index (χ0) is 16.6. The van der Waals surface area contributed by atoms with Gasteiger partial charge in [0.1, 0.15) is 5.69 Å². The number of hydrogen-bond acceptors (Lipinski definition) is 4. The van der Waals surface area contributed by atoms with Crippen molar-refractivity contribution in [3.8, 4) is 0 Å². The first-order valence-corrected chi connectivity index (χ1v) is 8.75. The van der Waals surface area contributed by atoms with Gasteiger partial charge in [0.25, 0.3) is 11.5 Å². The van der Waals surface area contributed by atoms with Crippen LogP contribution in [0, 0.1) is 6.92 Å². The molecule has 3 rings (SSSR count). The predicted molar refractivity (Wildman–Crippen MR) is 95.5 cm³/mol. The number of hydrogen-bond donors (Lipinski definition) is 1. The highest BCUT2D eigenvalue weighted by atomic mass is 79.9. The Hall–Kier alpha value is -1.99. The SMILES string of the molecule is CCc1csc2nc(C)c(NC(=O)c3ccccc3Br)c(=O)n12. The Labute approximate surface area is 145 Å². The second-order valence-electron chi connectivity index (χ2n) is 5.01. The monoisotopic (exact) mass is 391 g/mol. The molecule has 0 aliphatic heterocycles. The van der Waals surface area contributed by atoms with E-state index < -0.39 is 0 Å². The molecule has 7 heteroatoms. The number of aromatic nitrogens is 2. The average Bonchev–Trinajstić information content (AvgIpc) is 2.94. The highest BCUT2D eigenvalue weighted by Crippen LogP contribution is 2.20. The maximum Gasteiger partial charge on any atom is 0.282 e. The zero-order valence-electron chi connectivity index (χ0n) is 12.6. The molecule has 0 saturated carbocycles. The van der Waals surface area contributed by atoms with E-state index in [2.05, 4.69) is 26.2 Å². The molecule has 0 unspecified atom stereocenters. The predicted octanol–water partition coefficient (Wildman–Crippen LogP) is 3.64. The van der Waals surface area contributed by atoms with Gasteiger partial charge in [-0.2, -0.15) is 0 Å². The van der Waals surface area contributed by atoms with E-state index in [0.29, 0.717) is 20.7 Å². The highest BCUT2D eigenvalue weighted by molar-refractivity contribution is 9.10. The molecule has 118 valence electrons. The van der Waals surface area contributed by atoms with Gasteiger partial charge in [-0.1, -0.05) is 19.1 Å². The Morgan fingerprint density at radius 2 is 2.13 bits per heavy atom. The quantitative estimate of drug-likeness (QED) is 0.740. The molecule has 1 amide bonds. The largest absolute Gasteiger partial charge is 0.316 e. The molecule has 3 aromatic rings. The van der Waals surface area contributed by atoms with Crippen LogP contribution in [0.4, 0.5) is 5.69 Å². The van der Waals surface area contributed by atoms with Gasteiger partial charge < -0.3 is 5.32 Å². The second-order valence-corrected chi connectivity index (χ2v) is 6.70. The number of benzene rings is 1. The molecule has 0 atom stereocenters. The van der Waals surface area contributed by atoms with Crippen LogP contribution >= 0.6 is 27.3 Å². The van der Waals surface area contributed by atoms with E-state index >= 15 is 0 Å². The van der Waals surface area contributed by atoms with Crippen LogP contribution in [0.15, 0.2) is 38.9 Å². The molecule has 0 fully saturated rings. The molecule has 0 aliphatic carbocycles. The van der Waals surface area contributed by atoms with Crippen LogP contribution in [0.3, 0.4) is 0 Å². The van der Waals surface area contributed by atoms with Gasteiger partial charge in [0.05, 0.1) is 11.3 Å².